The van der Waals surface area contributed by atoms with Crippen molar-refractivity contribution in [3.63, 3.8) is 0 Å². The van der Waals surface area contributed by atoms with Crippen LogP contribution in [0.1, 0.15) is 41.5 Å². The summed E-state index contributed by atoms with van der Waals surface area (Å²) in [5, 5.41) is 0. The van der Waals surface area contributed by atoms with Crippen LogP contribution in [0.25, 0.3) is 11.1 Å². The predicted molar refractivity (Wildman–Crippen MR) is 109 cm³/mol. The van der Waals surface area contributed by atoms with Crippen molar-refractivity contribution in [1.29, 1.82) is 0 Å². The SMILES string of the molecule is CCc1cc(F)c(C2CCc3cc(-c4ccc(OC(F)(F)F)cc4)ccc3C2)c(F)c1. The second kappa shape index (κ2) is 8.33. The second-order valence-corrected chi connectivity index (χ2v) is 7.82. The molecule has 0 bridgehead atoms. The van der Waals surface area contributed by atoms with Crippen molar-refractivity contribution in [2.45, 2.75) is 44.9 Å². The average Bonchev–Trinajstić information content (AvgIpc) is 2.72. The lowest BCUT2D eigenvalue weighted by Gasteiger charge is -2.26. The molecule has 1 aliphatic carbocycles. The summed E-state index contributed by atoms with van der Waals surface area (Å²) in [6, 6.07) is 14.4. The van der Waals surface area contributed by atoms with Crippen LogP contribution in [0.4, 0.5) is 22.0 Å². The van der Waals surface area contributed by atoms with Gasteiger partial charge in [-0.1, -0.05) is 37.3 Å². The third-order valence-electron chi connectivity index (χ3n) is 5.81. The zero-order chi connectivity index (χ0) is 22.2. The lowest BCUT2D eigenvalue weighted by Crippen LogP contribution is -2.17. The van der Waals surface area contributed by atoms with Crippen molar-refractivity contribution in [1.82, 2.24) is 0 Å². The fourth-order valence-electron chi connectivity index (χ4n) is 4.26. The highest BCUT2D eigenvalue weighted by molar-refractivity contribution is 5.66. The first-order valence-corrected chi connectivity index (χ1v) is 10.2. The van der Waals surface area contributed by atoms with Crippen LogP contribution in [-0.2, 0) is 19.3 Å². The van der Waals surface area contributed by atoms with Gasteiger partial charge >= 0.3 is 6.36 Å². The van der Waals surface area contributed by atoms with Gasteiger partial charge in [0.15, 0.2) is 0 Å². The first-order chi connectivity index (χ1) is 14.7. The minimum absolute atomic E-state index is 0.159. The van der Waals surface area contributed by atoms with Gasteiger partial charge in [-0.15, -0.1) is 13.2 Å². The van der Waals surface area contributed by atoms with Crippen LogP contribution >= 0.6 is 0 Å². The molecule has 1 unspecified atom stereocenters. The number of hydrogen-bond donors (Lipinski definition) is 0. The molecule has 1 aliphatic rings. The third-order valence-corrected chi connectivity index (χ3v) is 5.81. The molecule has 0 spiro atoms. The van der Waals surface area contributed by atoms with Crippen molar-refractivity contribution in [3.05, 3.63) is 88.5 Å². The van der Waals surface area contributed by atoms with Gasteiger partial charge in [0.1, 0.15) is 17.4 Å². The summed E-state index contributed by atoms with van der Waals surface area (Å²) in [7, 11) is 0. The van der Waals surface area contributed by atoms with Crippen LogP contribution in [0.5, 0.6) is 5.75 Å². The van der Waals surface area contributed by atoms with E-state index in [4.69, 9.17) is 0 Å². The lowest BCUT2D eigenvalue weighted by atomic mass is 9.79. The van der Waals surface area contributed by atoms with Gasteiger partial charge in [0.2, 0.25) is 0 Å². The fourth-order valence-corrected chi connectivity index (χ4v) is 4.26. The normalized spacial score (nSPS) is 16.1. The molecular weight excluding hydrogens is 411 g/mol. The summed E-state index contributed by atoms with van der Waals surface area (Å²) in [5.41, 5.74) is 4.58. The maximum absolute atomic E-state index is 14.6. The Morgan fingerprint density at radius 1 is 0.871 bits per heavy atom. The molecule has 0 amide bonds. The molecule has 162 valence electrons. The van der Waals surface area contributed by atoms with Gasteiger partial charge in [-0.05, 0) is 83.7 Å². The quantitative estimate of drug-likeness (QED) is 0.391. The Bertz CT molecular complexity index is 1060. The first-order valence-electron chi connectivity index (χ1n) is 10.2. The van der Waals surface area contributed by atoms with E-state index in [1.165, 1.54) is 24.3 Å². The molecule has 0 saturated heterocycles. The molecule has 0 fully saturated rings. The van der Waals surface area contributed by atoms with Crippen LogP contribution in [0, 0.1) is 11.6 Å². The number of halogens is 5. The van der Waals surface area contributed by atoms with Gasteiger partial charge in [-0.2, -0.15) is 0 Å². The van der Waals surface area contributed by atoms with Crippen LogP contribution in [0.2, 0.25) is 0 Å². The minimum atomic E-state index is -4.72. The minimum Gasteiger partial charge on any atom is -0.406 e. The molecule has 0 radical (unpaired) electrons. The Morgan fingerprint density at radius 3 is 2.13 bits per heavy atom. The third kappa shape index (κ3) is 4.73. The van der Waals surface area contributed by atoms with Gasteiger partial charge in [-0.25, -0.2) is 8.78 Å². The van der Waals surface area contributed by atoms with E-state index in [9.17, 15) is 22.0 Å². The smallest absolute Gasteiger partial charge is 0.406 e. The largest absolute Gasteiger partial charge is 0.573 e. The van der Waals surface area contributed by atoms with Crippen LogP contribution in [0.15, 0.2) is 54.6 Å². The van der Waals surface area contributed by atoms with E-state index in [-0.39, 0.29) is 17.2 Å². The van der Waals surface area contributed by atoms with Gasteiger partial charge in [0.05, 0.1) is 0 Å². The molecular formula is C25H21F5O. The molecule has 0 heterocycles. The van der Waals surface area contributed by atoms with E-state index in [2.05, 4.69) is 4.74 Å². The number of rotatable bonds is 4. The van der Waals surface area contributed by atoms with E-state index in [1.807, 2.05) is 25.1 Å². The monoisotopic (exact) mass is 432 g/mol. The van der Waals surface area contributed by atoms with E-state index >= 15 is 0 Å². The molecule has 1 atom stereocenters. The molecule has 0 aromatic heterocycles. The number of fused-ring (bicyclic) bond motifs is 1. The molecule has 31 heavy (non-hydrogen) atoms. The molecule has 0 saturated carbocycles. The summed E-state index contributed by atoms with van der Waals surface area (Å²) >= 11 is 0. The van der Waals surface area contributed by atoms with E-state index in [0.717, 1.165) is 22.3 Å². The highest BCUT2D eigenvalue weighted by Gasteiger charge is 2.31. The highest BCUT2D eigenvalue weighted by Crippen LogP contribution is 2.37. The topological polar surface area (TPSA) is 9.23 Å². The molecule has 3 aromatic carbocycles. The average molecular weight is 432 g/mol. The molecule has 6 heteroatoms. The second-order valence-electron chi connectivity index (χ2n) is 7.82. The maximum atomic E-state index is 14.6. The zero-order valence-corrected chi connectivity index (χ0v) is 16.9. The number of aryl methyl sites for hydroxylation is 2. The summed E-state index contributed by atoms with van der Waals surface area (Å²) < 4.78 is 70.0. The van der Waals surface area contributed by atoms with Crippen molar-refractivity contribution >= 4 is 0 Å². The Kier molecular flexibility index (Phi) is 5.73. The van der Waals surface area contributed by atoms with Crippen molar-refractivity contribution in [3.8, 4) is 16.9 Å². The predicted octanol–water partition coefficient (Wildman–Crippen LogP) is 7.37. The Labute approximate surface area is 177 Å². The summed E-state index contributed by atoms with van der Waals surface area (Å²) in [6.07, 6.45) is -2.29. The number of ether oxygens (including phenoxy) is 1. The number of hydrogen-bond acceptors (Lipinski definition) is 1. The highest BCUT2D eigenvalue weighted by atomic mass is 19.4. The van der Waals surface area contributed by atoms with Crippen LogP contribution < -0.4 is 4.74 Å². The van der Waals surface area contributed by atoms with Crippen molar-refractivity contribution < 1.29 is 26.7 Å². The fraction of sp³-hybridized carbons (Fsp3) is 0.280. The van der Waals surface area contributed by atoms with Crippen molar-refractivity contribution in [2.24, 2.45) is 0 Å². The first kappa shape index (κ1) is 21.3. The van der Waals surface area contributed by atoms with Gasteiger partial charge in [0.25, 0.3) is 0 Å². The maximum Gasteiger partial charge on any atom is 0.573 e. The summed E-state index contributed by atoms with van der Waals surface area (Å²) in [6.45, 7) is 1.86. The molecule has 0 aliphatic heterocycles. The van der Waals surface area contributed by atoms with E-state index in [1.54, 1.807) is 12.1 Å². The Balaban J connectivity index is 1.54. The summed E-state index contributed by atoms with van der Waals surface area (Å²) in [4.78, 5) is 0. The van der Waals surface area contributed by atoms with Crippen LogP contribution in [0.3, 0.4) is 0 Å². The summed E-state index contributed by atoms with van der Waals surface area (Å²) in [5.74, 6) is -1.45. The molecule has 3 aromatic rings. The van der Waals surface area contributed by atoms with Gasteiger partial charge < -0.3 is 4.74 Å². The van der Waals surface area contributed by atoms with Gasteiger partial charge in [-0.3, -0.25) is 0 Å². The Morgan fingerprint density at radius 2 is 1.52 bits per heavy atom. The van der Waals surface area contributed by atoms with Gasteiger partial charge in [0, 0.05) is 5.56 Å². The van der Waals surface area contributed by atoms with Crippen LogP contribution in [-0.4, -0.2) is 6.36 Å². The Hall–Kier alpha value is -2.89. The van der Waals surface area contributed by atoms with E-state index in [0.29, 0.717) is 31.2 Å². The number of alkyl halides is 3. The van der Waals surface area contributed by atoms with E-state index < -0.39 is 18.0 Å². The number of benzene rings is 3. The molecule has 0 N–H and O–H groups in total. The standard InChI is InChI=1S/C25H21F5O/c1-2-15-11-22(26)24(23(27)12-15)20-6-5-18-13-17(3-4-19(18)14-20)16-7-9-21(10-8-16)31-25(28,29)30/h3-4,7-13,20H,2,5-6,14H2,1H3. The van der Waals surface area contributed by atoms with Crippen molar-refractivity contribution in [2.75, 3.05) is 0 Å². The molecule has 4 rings (SSSR count). The lowest BCUT2D eigenvalue weighted by molar-refractivity contribution is -0.274. The zero-order valence-electron chi connectivity index (χ0n) is 16.9. The molecule has 1 nitrogen and oxygen atoms in total.